The number of phenols is 1. The third kappa shape index (κ3) is 1.79. The first-order valence-corrected chi connectivity index (χ1v) is 7.21. The summed E-state index contributed by atoms with van der Waals surface area (Å²) in [6, 6.07) is 17.0. The first-order valence-electron chi connectivity index (χ1n) is 7.21. The van der Waals surface area contributed by atoms with E-state index < -0.39 is 0 Å². The molecule has 0 bridgehead atoms. The van der Waals surface area contributed by atoms with Crippen LogP contribution in [0.1, 0.15) is 28.9 Å². The topological polar surface area (TPSA) is 46.5 Å². The Bertz CT molecular complexity index is 897. The van der Waals surface area contributed by atoms with Gasteiger partial charge in [-0.15, -0.1) is 0 Å². The van der Waals surface area contributed by atoms with E-state index in [1.54, 1.807) is 12.1 Å². The Morgan fingerprint density at radius 3 is 2.59 bits per heavy atom. The molecule has 1 unspecified atom stereocenters. The number of phenolic OH excluding ortho intramolecular Hbond substituents is 1. The zero-order valence-corrected chi connectivity index (χ0v) is 12.0. The van der Waals surface area contributed by atoms with Gasteiger partial charge in [0.25, 0.3) is 0 Å². The second kappa shape index (κ2) is 4.60. The van der Waals surface area contributed by atoms with Gasteiger partial charge in [0.15, 0.2) is 0 Å². The van der Waals surface area contributed by atoms with Gasteiger partial charge in [-0.25, -0.2) is 4.79 Å². The molecule has 4 rings (SSSR count). The summed E-state index contributed by atoms with van der Waals surface area (Å²) in [5.74, 6) is -0.115. The molecule has 108 valence electrons. The van der Waals surface area contributed by atoms with Crippen molar-refractivity contribution in [2.45, 2.75) is 13.0 Å². The predicted molar refractivity (Wildman–Crippen MR) is 84.9 cm³/mol. The van der Waals surface area contributed by atoms with Crippen LogP contribution in [-0.4, -0.2) is 11.1 Å². The van der Waals surface area contributed by atoms with Gasteiger partial charge in [0.2, 0.25) is 0 Å². The minimum Gasteiger partial charge on any atom is -0.508 e. The van der Waals surface area contributed by atoms with Crippen LogP contribution in [0.2, 0.25) is 0 Å². The Balaban J connectivity index is 2.17. The summed E-state index contributed by atoms with van der Waals surface area (Å²) in [7, 11) is 0. The minimum absolute atomic E-state index is 0.186. The number of fused-ring (bicyclic) bond motifs is 2. The van der Waals surface area contributed by atoms with Crippen LogP contribution in [0.3, 0.4) is 0 Å². The molecule has 1 atom stereocenters. The molecule has 0 saturated heterocycles. The SMILES string of the molecule is CC1OC(=O)c2cc3cc(O)ccc3c(-c3ccccc3)c21. The summed E-state index contributed by atoms with van der Waals surface area (Å²) in [6.45, 7) is 1.89. The summed E-state index contributed by atoms with van der Waals surface area (Å²) < 4.78 is 5.39. The average Bonchev–Trinajstić information content (AvgIpc) is 2.80. The second-order valence-corrected chi connectivity index (χ2v) is 5.53. The van der Waals surface area contributed by atoms with Crippen LogP contribution < -0.4 is 0 Å². The van der Waals surface area contributed by atoms with Gasteiger partial charge < -0.3 is 9.84 Å². The van der Waals surface area contributed by atoms with Gasteiger partial charge in [-0.3, -0.25) is 0 Å². The van der Waals surface area contributed by atoms with Crippen molar-refractivity contribution >= 4 is 16.7 Å². The van der Waals surface area contributed by atoms with E-state index in [4.69, 9.17) is 4.74 Å². The lowest BCUT2D eigenvalue weighted by atomic mass is 9.88. The Hall–Kier alpha value is -2.81. The lowest BCUT2D eigenvalue weighted by Crippen LogP contribution is -1.95. The van der Waals surface area contributed by atoms with E-state index in [0.717, 1.165) is 27.5 Å². The van der Waals surface area contributed by atoms with Crippen molar-refractivity contribution in [3.8, 4) is 16.9 Å². The normalized spacial score (nSPS) is 16.6. The quantitative estimate of drug-likeness (QED) is 0.674. The van der Waals surface area contributed by atoms with Crippen molar-refractivity contribution in [2.75, 3.05) is 0 Å². The standard InChI is InChI=1S/C19H14O3/c1-11-17-16(19(21)22-11)10-13-9-14(20)7-8-15(13)18(17)12-5-3-2-4-6-12/h2-11,20H,1H3. The largest absolute Gasteiger partial charge is 0.508 e. The van der Waals surface area contributed by atoms with Crippen LogP contribution in [0.25, 0.3) is 21.9 Å². The summed E-state index contributed by atoms with van der Waals surface area (Å²) in [5.41, 5.74) is 3.56. The number of rotatable bonds is 1. The van der Waals surface area contributed by atoms with Crippen molar-refractivity contribution in [1.82, 2.24) is 0 Å². The molecule has 0 saturated carbocycles. The first-order chi connectivity index (χ1) is 10.6. The van der Waals surface area contributed by atoms with Crippen LogP contribution in [0.5, 0.6) is 5.75 Å². The molecular weight excluding hydrogens is 276 g/mol. The molecule has 0 fully saturated rings. The highest BCUT2D eigenvalue weighted by Gasteiger charge is 2.32. The molecule has 0 amide bonds. The molecule has 3 aromatic rings. The number of cyclic esters (lactones) is 1. The summed E-state index contributed by atoms with van der Waals surface area (Å²) in [5, 5.41) is 11.6. The molecule has 3 nitrogen and oxygen atoms in total. The van der Waals surface area contributed by atoms with Crippen molar-refractivity contribution in [3.05, 3.63) is 65.7 Å². The van der Waals surface area contributed by atoms with Crippen molar-refractivity contribution in [3.63, 3.8) is 0 Å². The molecule has 0 aliphatic carbocycles. The molecule has 0 radical (unpaired) electrons. The number of carbonyl (C=O) groups excluding carboxylic acids is 1. The van der Waals surface area contributed by atoms with Crippen LogP contribution in [0.4, 0.5) is 0 Å². The van der Waals surface area contributed by atoms with E-state index in [9.17, 15) is 9.90 Å². The van der Waals surface area contributed by atoms with Gasteiger partial charge >= 0.3 is 5.97 Å². The van der Waals surface area contributed by atoms with Crippen molar-refractivity contribution in [1.29, 1.82) is 0 Å². The van der Waals surface area contributed by atoms with E-state index in [-0.39, 0.29) is 17.8 Å². The van der Waals surface area contributed by atoms with Gasteiger partial charge in [0.05, 0.1) is 5.56 Å². The zero-order chi connectivity index (χ0) is 15.3. The molecule has 0 aromatic heterocycles. The average molecular weight is 290 g/mol. The number of hydrogen-bond donors (Lipinski definition) is 1. The lowest BCUT2D eigenvalue weighted by Gasteiger charge is -2.14. The summed E-state index contributed by atoms with van der Waals surface area (Å²) in [6.07, 6.45) is -0.268. The van der Waals surface area contributed by atoms with Crippen molar-refractivity contribution < 1.29 is 14.6 Å². The summed E-state index contributed by atoms with van der Waals surface area (Å²) >= 11 is 0. The fourth-order valence-corrected chi connectivity index (χ4v) is 3.20. The van der Waals surface area contributed by atoms with Crippen LogP contribution in [0.15, 0.2) is 54.6 Å². The molecule has 3 aromatic carbocycles. The number of hydrogen-bond acceptors (Lipinski definition) is 3. The van der Waals surface area contributed by atoms with Crippen LogP contribution in [-0.2, 0) is 4.74 Å². The summed E-state index contributed by atoms with van der Waals surface area (Å²) in [4.78, 5) is 12.1. The molecule has 3 heteroatoms. The minimum atomic E-state index is -0.301. The number of benzene rings is 3. The van der Waals surface area contributed by atoms with Gasteiger partial charge in [-0.1, -0.05) is 36.4 Å². The van der Waals surface area contributed by atoms with E-state index in [0.29, 0.717) is 5.56 Å². The maximum Gasteiger partial charge on any atom is 0.339 e. The number of ether oxygens (including phenoxy) is 1. The number of esters is 1. The Morgan fingerprint density at radius 2 is 1.82 bits per heavy atom. The predicted octanol–water partition coefficient (Wildman–Crippen LogP) is 4.44. The fourth-order valence-electron chi connectivity index (χ4n) is 3.20. The maximum atomic E-state index is 12.1. The lowest BCUT2D eigenvalue weighted by molar-refractivity contribution is 0.0422. The molecule has 1 aliphatic heterocycles. The molecule has 0 spiro atoms. The molecular formula is C19H14O3. The Morgan fingerprint density at radius 1 is 1.05 bits per heavy atom. The number of aromatic hydroxyl groups is 1. The van der Waals surface area contributed by atoms with Crippen molar-refractivity contribution in [2.24, 2.45) is 0 Å². The molecule has 1 N–H and O–H groups in total. The molecule has 22 heavy (non-hydrogen) atoms. The third-order valence-electron chi connectivity index (χ3n) is 4.14. The van der Waals surface area contributed by atoms with Crippen LogP contribution in [0, 0.1) is 0 Å². The number of carbonyl (C=O) groups is 1. The monoisotopic (exact) mass is 290 g/mol. The van der Waals surface area contributed by atoms with Crippen LogP contribution >= 0.6 is 0 Å². The molecule has 1 aliphatic rings. The first kappa shape index (κ1) is 12.9. The zero-order valence-electron chi connectivity index (χ0n) is 12.0. The molecule has 1 heterocycles. The van der Waals surface area contributed by atoms with E-state index in [1.807, 2.05) is 49.4 Å². The van der Waals surface area contributed by atoms with Gasteiger partial charge in [-0.2, -0.15) is 0 Å². The van der Waals surface area contributed by atoms with Gasteiger partial charge in [0, 0.05) is 5.56 Å². The van der Waals surface area contributed by atoms with E-state index in [2.05, 4.69) is 0 Å². The fraction of sp³-hybridized carbons (Fsp3) is 0.105. The second-order valence-electron chi connectivity index (χ2n) is 5.53. The van der Waals surface area contributed by atoms with Gasteiger partial charge in [0.1, 0.15) is 11.9 Å². The smallest absolute Gasteiger partial charge is 0.339 e. The Labute approximate surface area is 127 Å². The van der Waals surface area contributed by atoms with E-state index in [1.165, 1.54) is 0 Å². The maximum absolute atomic E-state index is 12.1. The highest BCUT2D eigenvalue weighted by atomic mass is 16.5. The van der Waals surface area contributed by atoms with E-state index >= 15 is 0 Å². The van der Waals surface area contributed by atoms with Gasteiger partial charge in [-0.05, 0) is 47.0 Å². The highest BCUT2D eigenvalue weighted by Crippen LogP contribution is 2.43. The Kier molecular flexibility index (Phi) is 2.70. The highest BCUT2D eigenvalue weighted by molar-refractivity contribution is 6.07. The third-order valence-corrected chi connectivity index (χ3v) is 4.14.